The second-order valence-electron chi connectivity index (χ2n) is 8.87. The molecular weight excluding hydrogens is 370 g/mol. The third-order valence-corrected chi connectivity index (χ3v) is 8.31. The molecule has 0 saturated heterocycles. The second kappa shape index (κ2) is 6.87. The van der Waals surface area contributed by atoms with E-state index in [1.54, 1.807) is 12.1 Å². The molecule has 28 heavy (non-hydrogen) atoms. The van der Waals surface area contributed by atoms with Crippen LogP contribution in [0.5, 0.6) is 0 Å². The molecule has 2 fully saturated rings. The Morgan fingerprint density at radius 2 is 1.71 bits per heavy atom. The van der Waals surface area contributed by atoms with Crippen molar-refractivity contribution in [2.45, 2.75) is 56.3 Å². The van der Waals surface area contributed by atoms with Crippen LogP contribution in [0.25, 0.3) is 0 Å². The van der Waals surface area contributed by atoms with E-state index in [9.17, 15) is 13.2 Å². The molecule has 150 valence electrons. The van der Waals surface area contributed by atoms with Gasteiger partial charge in [-0.3, -0.25) is 4.79 Å². The van der Waals surface area contributed by atoms with Gasteiger partial charge < -0.3 is 4.98 Å². The molecule has 3 atom stereocenters. The van der Waals surface area contributed by atoms with Crippen molar-refractivity contribution in [1.29, 1.82) is 0 Å². The Hall–Kier alpha value is -1.88. The van der Waals surface area contributed by atoms with Gasteiger partial charge in [0.25, 0.3) is 5.56 Å². The smallest absolute Gasteiger partial charge is 0.251 e. The number of nitrogens with one attached hydrogen (secondary N) is 1. The van der Waals surface area contributed by atoms with E-state index in [-0.39, 0.29) is 11.0 Å². The number of sulfone groups is 1. The predicted octanol–water partition coefficient (Wildman–Crippen LogP) is 4.22. The minimum absolute atomic E-state index is 0.0381. The van der Waals surface area contributed by atoms with E-state index in [0.717, 1.165) is 23.6 Å². The van der Waals surface area contributed by atoms with Gasteiger partial charge in [0, 0.05) is 22.9 Å². The molecule has 0 aliphatic heterocycles. The summed E-state index contributed by atoms with van der Waals surface area (Å²) >= 11 is 0. The summed E-state index contributed by atoms with van der Waals surface area (Å²) in [5.41, 5.74) is 2.53. The maximum absolute atomic E-state index is 12.3. The second-order valence-corrected chi connectivity index (χ2v) is 10.9. The zero-order valence-corrected chi connectivity index (χ0v) is 17.7. The molecule has 1 N–H and O–H groups in total. The molecule has 0 bridgehead atoms. The van der Waals surface area contributed by atoms with E-state index >= 15 is 0 Å². The summed E-state index contributed by atoms with van der Waals surface area (Å²) in [5.74, 6) is 1.80. The SMILES string of the molecule is Cc1ccc([C@@]2(c3ccc(S(C)(=O)=O)cc3)C[C@@H]2[C@@H](C)C2CCCC2)[nH]c1=O. The Bertz CT molecular complexity index is 1030. The highest BCUT2D eigenvalue weighted by atomic mass is 32.2. The minimum atomic E-state index is -3.22. The molecule has 0 unspecified atom stereocenters. The molecule has 2 aliphatic rings. The van der Waals surface area contributed by atoms with E-state index in [0.29, 0.717) is 22.3 Å². The number of pyridine rings is 1. The van der Waals surface area contributed by atoms with Gasteiger partial charge in [0.05, 0.1) is 4.90 Å². The van der Waals surface area contributed by atoms with Crippen molar-refractivity contribution in [1.82, 2.24) is 4.98 Å². The first-order chi connectivity index (χ1) is 13.2. The van der Waals surface area contributed by atoms with Crippen LogP contribution in [0.2, 0.25) is 0 Å². The molecule has 1 heterocycles. The van der Waals surface area contributed by atoms with Crippen molar-refractivity contribution in [2.75, 3.05) is 6.26 Å². The fourth-order valence-electron chi connectivity index (χ4n) is 5.34. The lowest BCUT2D eigenvalue weighted by Gasteiger charge is -2.25. The number of aryl methyl sites for hydroxylation is 1. The van der Waals surface area contributed by atoms with Gasteiger partial charge in [0.15, 0.2) is 9.84 Å². The summed E-state index contributed by atoms with van der Waals surface area (Å²) in [6.07, 6.45) is 7.47. The van der Waals surface area contributed by atoms with Crippen LogP contribution in [0.4, 0.5) is 0 Å². The highest BCUT2D eigenvalue weighted by Gasteiger charge is 2.60. The summed E-state index contributed by atoms with van der Waals surface area (Å²) in [7, 11) is -3.22. The van der Waals surface area contributed by atoms with Gasteiger partial charge >= 0.3 is 0 Å². The highest BCUT2D eigenvalue weighted by Crippen LogP contribution is 2.63. The summed E-state index contributed by atoms with van der Waals surface area (Å²) in [6.45, 7) is 4.18. The Kier molecular flexibility index (Phi) is 4.77. The van der Waals surface area contributed by atoms with E-state index in [2.05, 4.69) is 11.9 Å². The van der Waals surface area contributed by atoms with Crippen LogP contribution in [0.3, 0.4) is 0 Å². The predicted molar refractivity (Wildman–Crippen MR) is 111 cm³/mol. The molecule has 0 spiro atoms. The summed E-state index contributed by atoms with van der Waals surface area (Å²) < 4.78 is 23.7. The lowest BCUT2D eigenvalue weighted by molar-refractivity contribution is 0.311. The van der Waals surface area contributed by atoms with Gasteiger partial charge in [-0.05, 0) is 54.9 Å². The first kappa shape index (κ1) is 19.4. The lowest BCUT2D eigenvalue weighted by Crippen LogP contribution is -2.24. The first-order valence-electron chi connectivity index (χ1n) is 10.2. The van der Waals surface area contributed by atoms with Crippen LogP contribution in [0.1, 0.15) is 55.8 Å². The van der Waals surface area contributed by atoms with Gasteiger partial charge in [-0.1, -0.05) is 50.8 Å². The molecule has 0 amide bonds. The Morgan fingerprint density at radius 3 is 2.29 bits per heavy atom. The third kappa shape index (κ3) is 3.24. The molecule has 2 aliphatic carbocycles. The van der Waals surface area contributed by atoms with Crippen LogP contribution < -0.4 is 5.56 Å². The third-order valence-electron chi connectivity index (χ3n) is 7.18. The monoisotopic (exact) mass is 399 g/mol. The number of H-pyrrole nitrogens is 1. The minimum Gasteiger partial charge on any atom is -0.325 e. The standard InChI is InChI=1S/C23H29NO3S/c1-15-8-13-21(24-22(15)25)23(14-20(23)16(2)17-6-4-5-7-17)18-9-11-19(12-10-18)28(3,26)27/h8-13,16-17,20H,4-7,14H2,1-3H3,(H,24,25)/t16-,20+,23+/m0/s1. The van der Waals surface area contributed by atoms with E-state index in [1.165, 1.54) is 31.9 Å². The van der Waals surface area contributed by atoms with Crippen molar-refractivity contribution in [3.05, 3.63) is 63.6 Å². The average molecular weight is 400 g/mol. The molecule has 4 nitrogen and oxygen atoms in total. The maximum Gasteiger partial charge on any atom is 0.251 e. The number of hydrogen-bond donors (Lipinski definition) is 1. The van der Waals surface area contributed by atoms with E-state index in [1.807, 2.05) is 31.2 Å². The molecule has 1 aromatic carbocycles. The number of rotatable bonds is 5. The zero-order chi connectivity index (χ0) is 20.1. The number of aromatic amines is 1. The quantitative estimate of drug-likeness (QED) is 0.819. The summed E-state index contributed by atoms with van der Waals surface area (Å²) in [4.78, 5) is 15.8. The lowest BCUT2D eigenvalue weighted by atomic mass is 9.80. The molecule has 2 aromatic rings. The average Bonchev–Trinajstić information content (AvgIpc) is 3.17. The Morgan fingerprint density at radius 1 is 1.07 bits per heavy atom. The fraction of sp³-hybridized carbons (Fsp3) is 0.522. The largest absolute Gasteiger partial charge is 0.325 e. The van der Waals surface area contributed by atoms with Crippen molar-refractivity contribution >= 4 is 9.84 Å². The van der Waals surface area contributed by atoms with Gasteiger partial charge in [0.2, 0.25) is 0 Å². The number of benzene rings is 1. The van der Waals surface area contributed by atoms with E-state index < -0.39 is 9.84 Å². The molecule has 2 saturated carbocycles. The fourth-order valence-corrected chi connectivity index (χ4v) is 5.97. The number of hydrogen-bond acceptors (Lipinski definition) is 3. The summed E-state index contributed by atoms with van der Waals surface area (Å²) in [5, 5.41) is 0. The van der Waals surface area contributed by atoms with Gasteiger partial charge in [-0.25, -0.2) is 8.42 Å². The van der Waals surface area contributed by atoms with Crippen LogP contribution in [-0.4, -0.2) is 19.7 Å². The van der Waals surface area contributed by atoms with Crippen LogP contribution in [0.15, 0.2) is 46.1 Å². The van der Waals surface area contributed by atoms with Gasteiger partial charge in [0.1, 0.15) is 0 Å². The molecule has 4 rings (SSSR count). The molecular formula is C23H29NO3S. The van der Waals surface area contributed by atoms with Crippen molar-refractivity contribution in [3.63, 3.8) is 0 Å². The molecule has 5 heteroatoms. The maximum atomic E-state index is 12.3. The summed E-state index contributed by atoms with van der Waals surface area (Å²) in [6, 6.07) is 11.2. The van der Waals surface area contributed by atoms with Crippen molar-refractivity contribution in [3.8, 4) is 0 Å². The van der Waals surface area contributed by atoms with Crippen LogP contribution in [0, 0.1) is 24.7 Å². The normalized spacial score (nSPS) is 26.3. The molecule has 0 radical (unpaired) electrons. The van der Waals surface area contributed by atoms with Crippen molar-refractivity contribution in [2.24, 2.45) is 17.8 Å². The van der Waals surface area contributed by atoms with E-state index in [4.69, 9.17) is 0 Å². The first-order valence-corrected chi connectivity index (χ1v) is 12.1. The topological polar surface area (TPSA) is 67.0 Å². The van der Waals surface area contributed by atoms with Crippen LogP contribution >= 0.6 is 0 Å². The molecule has 1 aromatic heterocycles. The van der Waals surface area contributed by atoms with Gasteiger partial charge in [-0.15, -0.1) is 0 Å². The highest BCUT2D eigenvalue weighted by molar-refractivity contribution is 7.90. The Balaban J connectivity index is 1.76. The number of aromatic nitrogens is 1. The van der Waals surface area contributed by atoms with Crippen LogP contribution in [-0.2, 0) is 15.3 Å². The zero-order valence-electron chi connectivity index (χ0n) is 16.9. The van der Waals surface area contributed by atoms with Gasteiger partial charge in [-0.2, -0.15) is 0 Å². The Labute approximate surface area is 167 Å². The van der Waals surface area contributed by atoms with Crippen molar-refractivity contribution < 1.29 is 8.42 Å².